The van der Waals surface area contributed by atoms with Crippen LogP contribution in [0.1, 0.15) is 48.8 Å². The van der Waals surface area contributed by atoms with E-state index in [-0.39, 0.29) is 0 Å². The second-order valence-corrected chi connectivity index (χ2v) is 5.90. The third kappa shape index (κ3) is 2.35. The van der Waals surface area contributed by atoms with Crippen LogP contribution in [0.25, 0.3) is 0 Å². The molecule has 0 spiro atoms. The Morgan fingerprint density at radius 2 is 1.78 bits per heavy atom. The van der Waals surface area contributed by atoms with E-state index in [2.05, 4.69) is 18.2 Å². The van der Waals surface area contributed by atoms with Crippen molar-refractivity contribution in [3.8, 4) is 0 Å². The van der Waals surface area contributed by atoms with Crippen molar-refractivity contribution in [1.29, 1.82) is 0 Å². The van der Waals surface area contributed by atoms with Gasteiger partial charge in [-0.15, -0.1) is 0 Å². The first-order valence-electron chi connectivity index (χ1n) is 6.99. The normalized spacial score (nSPS) is 21.9. The van der Waals surface area contributed by atoms with E-state index >= 15 is 0 Å². The first-order chi connectivity index (χ1) is 8.65. The molecule has 3 rings (SSSR count). The van der Waals surface area contributed by atoms with Crippen molar-refractivity contribution in [3.63, 3.8) is 0 Å². The van der Waals surface area contributed by atoms with Gasteiger partial charge in [0.05, 0.1) is 5.60 Å². The lowest BCUT2D eigenvalue weighted by atomic mass is 9.80. The van der Waals surface area contributed by atoms with Gasteiger partial charge in [-0.1, -0.05) is 18.2 Å². The van der Waals surface area contributed by atoms with Crippen molar-refractivity contribution in [2.75, 3.05) is 0 Å². The summed E-state index contributed by atoms with van der Waals surface area (Å²) in [4.78, 5) is 11.2. The van der Waals surface area contributed by atoms with Gasteiger partial charge in [0.2, 0.25) is 0 Å². The minimum atomic E-state index is -0.652. The van der Waals surface area contributed by atoms with E-state index in [4.69, 9.17) is 0 Å². The lowest BCUT2D eigenvalue weighted by molar-refractivity contribution is -0.125. The number of aryl methyl sites for hydroxylation is 2. The van der Waals surface area contributed by atoms with E-state index in [0.29, 0.717) is 37.9 Å². The Morgan fingerprint density at radius 1 is 1.06 bits per heavy atom. The van der Waals surface area contributed by atoms with Crippen molar-refractivity contribution < 1.29 is 9.90 Å². The maximum Gasteiger partial charge on any atom is 0.133 e. The first-order valence-corrected chi connectivity index (χ1v) is 6.99. The van der Waals surface area contributed by atoms with Crippen LogP contribution in [0, 0.1) is 0 Å². The maximum atomic E-state index is 11.2. The Morgan fingerprint density at radius 3 is 2.56 bits per heavy atom. The molecule has 2 aliphatic carbocycles. The van der Waals surface area contributed by atoms with Crippen LogP contribution in [0.4, 0.5) is 0 Å². The summed E-state index contributed by atoms with van der Waals surface area (Å²) in [6, 6.07) is 6.63. The van der Waals surface area contributed by atoms with E-state index in [1.165, 1.54) is 36.0 Å². The summed E-state index contributed by atoms with van der Waals surface area (Å²) in [7, 11) is 0. The average molecular weight is 244 g/mol. The fourth-order valence-corrected chi connectivity index (χ4v) is 3.29. The summed E-state index contributed by atoms with van der Waals surface area (Å²) < 4.78 is 0. The van der Waals surface area contributed by atoms with E-state index in [1.54, 1.807) is 0 Å². The molecule has 1 fully saturated rings. The highest BCUT2D eigenvalue weighted by atomic mass is 16.3. The van der Waals surface area contributed by atoms with Gasteiger partial charge in [0, 0.05) is 19.3 Å². The van der Waals surface area contributed by atoms with Crippen molar-refractivity contribution in [2.45, 2.75) is 57.0 Å². The summed E-state index contributed by atoms with van der Waals surface area (Å²) in [5.74, 6) is 0.300. The highest BCUT2D eigenvalue weighted by molar-refractivity contribution is 5.79. The second kappa shape index (κ2) is 4.51. The van der Waals surface area contributed by atoms with Crippen molar-refractivity contribution in [2.24, 2.45) is 0 Å². The van der Waals surface area contributed by atoms with Crippen molar-refractivity contribution >= 4 is 5.78 Å². The predicted octanol–water partition coefficient (Wildman–Crippen LogP) is 2.59. The number of fused-ring (bicyclic) bond motifs is 1. The van der Waals surface area contributed by atoms with Crippen LogP contribution in [0.2, 0.25) is 0 Å². The molecule has 2 aliphatic rings. The molecule has 1 aromatic rings. The molecule has 0 aliphatic heterocycles. The summed E-state index contributed by atoms with van der Waals surface area (Å²) in [5.41, 5.74) is 3.51. The van der Waals surface area contributed by atoms with E-state index in [0.717, 1.165) is 0 Å². The van der Waals surface area contributed by atoms with Gasteiger partial charge < -0.3 is 5.11 Å². The van der Waals surface area contributed by atoms with Crippen LogP contribution < -0.4 is 0 Å². The standard InChI is InChI=1S/C16H20O2/c17-15-6-8-16(18,9-7-15)11-12-4-5-13-2-1-3-14(13)10-12/h4-5,10,18H,1-3,6-9,11H2. The molecule has 0 aromatic heterocycles. The average Bonchev–Trinajstić information content (AvgIpc) is 2.81. The molecular weight excluding hydrogens is 224 g/mol. The van der Waals surface area contributed by atoms with Gasteiger partial charge >= 0.3 is 0 Å². The number of benzene rings is 1. The topological polar surface area (TPSA) is 37.3 Å². The van der Waals surface area contributed by atoms with Crippen LogP contribution in [-0.2, 0) is 24.1 Å². The molecule has 2 nitrogen and oxygen atoms in total. The molecule has 0 amide bonds. The zero-order valence-corrected chi connectivity index (χ0v) is 10.7. The van der Waals surface area contributed by atoms with E-state index in [9.17, 15) is 9.90 Å². The molecule has 0 radical (unpaired) electrons. The molecule has 0 atom stereocenters. The third-order valence-corrected chi connectivity index (χ3v) is 4.43. The quantitative estimate of drug-likeness (QED) is 0.868. The summed E-state index contributed by atoms with van der Waals surface area (Å²) >= 11 is 0. The summed E-state index contributed by atoms with van der Waals surface area (Å²) in [6.45, 7) is 0. The Balaban J connectivity index is 1.74. The number of rotatable bonds is 2. The fourth-order valence-electron chi connectivity index (χ4n) is 3.29. The van der Waals surface area contributed by atoms with E-state index in [1.807, 2.05) is 0 Å². The van der Waals surface area contributed by atoms with Gasteiger partial charge in [-0.3, -0.25) is 4.79 Å². The summed E-state index contributed by atoms with van der Waals surface area (Å²) in [6.07, 6.45) is 6.69. The fraction of sp³-hybridized carbons (Fsp3) is 0.562. The number of carbonyl (C=O) groups is 1. The van der Waals surface area contributed by atoms with Crippen LogP contribution in [-0.4, -0.2) is 16.5 Å². The maximum absolute atomic E-state index is 11.2. The predicted molar refractivity (Wildman–Crippen MR) is 70.6 cm³/mol. The largest absolute Gasteiger partial charge is 0.390 e. The molecule has 0 unspecified atom stereocenters. The highest BCUT2D eigenvalue weighted by Crippen LogP contribution is 2.31. The number of hydrogen-bond donors (Lipinski definition) is 1. The van der Waals surface area contributed by atoms with Gasteiger partial charge in [-0.25, -0.2) is 0 Å². The molecule has 0 heterocycles. The number of aliphatic hydroxyl groups is 1. The van der Waals surface area contributed by atoms with Crippen LogP contribution in [0.5, 0.6) is 0 Å². The highest BCUT2D eigenvalue weighted by Gasteiger charge is 2.32. The minimum absolute atomic E-state index is 0.300. The molecular formula is C16H20O2. The molecule has 2 heteroatoms. The number of hydrogen-bond acceptors (Lipinski definition) is 2. The van der Waals surface area contributed by atoms with Gasteiger partial charge in [0.1, 0.15) is 5.78 Å². The second-order valence-electron chi connectivity index (χ2n) is 5.90. The lowest BCUT2D eigenvalue weighted by Crippen LogP contribution is -2.36. The van der Waals surface area contributed by atoms with Crippen molar-refractivity contribution in [3.05, 3.63) is 34.9 Å². The molecule has 1 aromatic carbocycles. The molecule has 1 saturated carbocycles. The molecule has 96 valence electrons. The molecule has 0 saturated heterocycles. The Labute approximate surface area is 108 Å². The first kappa shape index (κ1) is 11.9. The van der Waals surface area contributed by atoms with E-state index < -0.39 is 5.60 Å². The van der Waals surface area contributed by atoms with Crippen molar-refractivity contribution in [1.82, 2.24) is 0 Å². The molecule has 18 heavy (non-hydrogen) atoms. The number of ketones is 1. The minimum Gasteiger partial charge on any atom is -0.390 e. The van der Waals surface area contributed by atoms with Gasteiger partial charge in [0.15, 0.2) is 0 Å². The Kier molecular flexibility index (Phi) is 2.98. The number of carbonyl (C=O) groups excluding carboxylic acids is 1. The van der Waals surface area contributed by atoms with Gasteiger partial charge in [-0.2, -0.15) is 0 Å². The Bertz CT molecular complexity index is 466. The Hall–Kier alpha value is -1.15. The van der Waals surface area contributed by atoms with Gasteiger partial charge in [0.25, 0.3) is 0 Å². The molecule has 0 bridgehead atoms. The van der Waals surface area contributed by atoms with Crippen LogP contribution in [0.15, 0.2) is 18.2 Å². The molecule has 1 N–H and O–H groups in total. The lowest BCUT2D eigenvalue weighted by Gasteiger charge is -2.31. The number of Topliss-reactive ketones (excluding diaryl/α,β-unsaturated/α-hetero) is 1. The zero-order valence-electron chi connectivity index (χ0n) is 10.7. The van der Waals surface area contributed by atoms with Crippen LogP contribution >= 0.6 is 0 Å². The SMILES string of the molecule is O=C1CCC(O)(Cc2ccc3c(c2)CCC3)CC1. The monoisotopic (exact) mass is 244 g/mol. The van der Waals surface area contributed by atoms with Crippen LogP contribution in [0.3, 0.4) is 0 Å². The third-order valence-electron chi connectivity index (χ3n) is 4.43. The van der Waals surface area contributed by atoms with Gasteiger partial charge in [-0.05, 0) is 48.8 Å². The summed E-state index contributed by atoms with van der Waals surface area (Å²) in [5, 5.41) is 10.5. The smallest absolute Gasteiger partial charge is 0.133 e. The zero-order chi connectivity index (χ0) is 12.6.